The van der Waals surface area contributed by atoms with E-state index in [2.05, 4.69) is 30.9 Å². The molecule has 0 spiro atoms. The molecule has 10 nitrogen and oxygen atoms in total. The van der Waals surface area contributed by atoms with Crippen LogP contribution >= 0.6 is 11.6 Å². The van der Waals surface area contributed by atoms with Crippen LogP contribution in [0.3, 0.4) is 0 Å². The summed E-state index contributed by atoms with van der Waals surface area (Å²) >= 11 is 6.27. The molecule has 29 heavy (non-hydrogen) atoms. The van der Waals surface area contributed by atoms with Crippen LogP contribution < -0.4 is 15.4 Å². The van der Waals surface area contributed by atoms with Crippen molar-refractivity contribution < 1.29 is 27.8 Å². The number of ether oxygens (including phenoxy) is 2. The number of nitrogens with one attached hydrogen (secondary N) is 2. The fourth-order valence-corrected chi connectivity index (χ4v) is 3.02. The number of halogens is 3. The Balaban J connectivity index is 1.88. The molecule has 2 heterocycles. The highest BCUT2D eigenvalue weighted by atomic mass is 35.5. The Bertz CT molecular complexity index is 904. The molecule has 1 aromatic carbocycles. The summed E-state index contributed by atoms with van der Waals surface area (Å²) in [5.41, 5.74) is -0.300. The number of hydrogen-bond acceptors (Lipinski definition) is 7. The molecule has 3 rings (SSSR count). The van der Waals surface area contributed by atoms with Gasteiger partial charge in [0.1, 0.15) is 5.69 Å². The van der Waals surface area contributed by atoms with Gasteiger partial charge in [0.2, 0.25) is 11.9 Å². The third-order valence-electron chi connectivity index (χ3n) is 4.25. The van der Waals surface area contributed by atoms with Crippen LogP contribution in [0.25, 0.3) is 0 Å². The minimum atomic E-state index is -3.14. The van der Waals surface area contributed by atoms with Gasteiger partial charge in [-0.2, -0.15) is 8.78 Å². The number of nitrogens with zero attached hydrogens (tertiary/aromatic N) is 4. The number of alkyl halides is 2. The first kappa shape index (κ1) is 20.9. The van der Waals surface area contributed by atoms with Crippen LogP contribution in [0.2, 0.25) is 5.02 Å². The Morgan fingerprint density at radius 3 is 2.66 bits per heavy atom. The summed E-state index contributed by atoms with van der Waals surface area (Å²) in [6, 6.07) is 2.32. The van der Waals surface area contributed by atoms with E-state index >= 15 is 0 Å². The van der Waals surface area contributed by atoms with E-state index in [-0.39, 0.29) is 33.9 Å². The zero-order valence-corrected chi connectivity index (χ0v) is 15.9. The Hall–Kier alpha value is -2.86. The molecule has 0 unspecified atom stereocenters. The second kappa shape index (κ2) is 9.09. The number of benzene rings is 1. The van der Waals surface area contributed by atoms with Crippen LogP contribution in [0, 0.1) is 5.92 Å². The molecular formula is C16H17ClF2N6O4. The van der Waals surface area contributed by atoms with Gasteiger partial charge in [-0.3, -0.25) is 14.9 Å². The van der Waals surface area contributed by atoms with Gasteiger partial charge in [-0.15, -0.1) is 0 Å². The normalized spacial score (nSPS) is 14.7. The van der Waals surface area contributed by atoms with Crippen molar-refractivity contribution in [3.63, 3.8) is 0 Å². The maximum Gasteiger partial charge on any atom is 0.387 e. The van der Waals surface area contributed by atoms with E-state index in [4.69, 9.17) is 16.3 Å². The summed E-state index contributed by atoms with van der Waals surface area (Å²) in [5, 5.41) is 15.3. The topological polar surface area (TPSA) is 120 Å². The Morgan fingerprint density at radius 1 is 1.31 bits per heavy atom. The van der Waals surface area contributed by atoms with Gasteiger partial charge in [0, 0.05) is 26.2 Å². The molecule has 156 valence electrons. The Morgan fingerprint density at radius 2 is 2.03 bits per heavy atom. The standard InChI is InChI=1S/C16H17ClF2N6O4/c1-25-16(22-23-24-25)21-14(27)9-2-3-10(29-15(18)19)12(11(9)17)20-13(26)8-4-6-28-7-5-8/h2-3,8,15H,4-7H2,1H3,(H,20,26)(H,21,22,24,27). The maximum atomic E-state index is 12.8. The molecule has 1 aliphatic rings. The SMILES string of the molecule is Cn1nnnc1NC(=O)c1ccc(OC(F)F)c(NC(=O)C2CCOCC2)c1Cl. The summed E-state index contributed by atoms with van der Waals surface area (Å²) in [7, 11) is 1.51. The van der Waals surface area contributed by atoms with Crippen LogP contribution in [-0.4, -0.2) is 51.8 Å². The third-order valence-corrected chi connectivity index (χ3v) is 4.64. The second-order valence-corrected chi connectivity index (χ2v) is 6.51. The van der Waals surface area contributed by atoms with E-state index in [1.54, 1.807) is 0 Å². The molecule has 0 bridgehead atoms. The number of hydrogen-bond donors (Lipinski definition) is 2. The lowest BCUT2D eigenvalue weighted by Gasteiger charge is -2.22. The van der Waals surface area contributed by atoms with Crippen LogP contribution in [0.5, 0.6) is 5.75 Å². The number of anilines is 2. The highest BCUT2D eigenvalue weighted by Crippen LogP contribution is 2.37. The monoisotopic (exact) mass is 430 g/mol. The molecule has 2 N–H and O–H groups in total. The van der Waals surface area contributed by atoms with Gasteiger partial charge in [-0.25, -0.2) is 4.68 Å². The lowest BCUT2D eigenvalue weighted by molar-refractivity contribution is -0.122. The second-order valence-electron chi connectivity index (χ2n) is 6.13. The molecule has 1 saturated heterocycles. The fraction of sp³-hybridized carbons (Fsp3) is 0.438. The number of carbonyl (C=O) groups excluding carboxylic acids is 2. The average molecular weight is 431 g/mol. The number of tetrazole rings is 1. The molecule has 1 fully saturated rings. The molecule has 2 amide bonds. The van der Waals surface area contributed by atoms with Crippen LogP contribution in [-0.2, 0) is 16.6 Å². The van der Waals surface area contributed by atoms with Crippen molar-refractivity contribution in [3.05, 3.63) is 22.7 Å². The average Bonchev–Trinajstić information content (AvgIpc) is 3.09. The van der Waals surface area contributed by atoms with Crippen LogP contribution in [0.4, 0.5) is 20.4 Å². The number of amides is 2. The van der Waals surface area contributed by atoms with Gasteiger partial charge in [-0.05, 0) is 35.4 Å². The molecule has 0 aliphatic carbocycles. The van der Waals surface area contributed by atoms with E-state index in [9.17, 15) is 18.4 Å². The van der Waals surface area contributed by atoms with E-state index in [0.717, 1.165) is 6.07 Å². The molecule has 2 aromatic rings. The zero-order chi connectivity index (χ0) is 21.0. The van der Waals surface area contributed by atoms with Crippen molar-refractivity contribution >= 4 is 35.1 Å². The van der Waals surface area contributed by atoms with Gasteiger partial charge in [0.05, 0.1) is 10.6 Å². The summed E-state index contributed by atoms with van der Waals surface area (Å²) in [6.45, 7) is -2.31. The summed E-state index contributed by atoms with van der Waals surface area (Å²) in [5.74, 6) is -1.81. The minimum absolute atomic E-state index is 0.0479. The van der Waals surface area contributed by atoms with E-state index < -0.39 is 18.4 Å². The van der Waals surface area contributed by atoms with Gasteiger partial charge in [0.25, 0.3) is 5.91 Å². The molecule has 1 aromatic heterocycles. The molecule has 0 saturated carbocycles. The van der Waals surface area contributed by atoms with Crippen molar-refractivity contribution in [2.45, 2.75) is 19.5 Å². The summed E-state index contributed by atoms with van der Waals surface area (Å²) in [4.78, 5) is 25.1. The molecule has 0 atom stereocenters. The molecule has 13 heteroatoms. The number of carbonyl (C=O) groups is 2. The fourth-order valence-electron chi connectivity index (χ4n) is 2.73. The first-order valence-corrected chi connectivity index (χ1v) is 8.94. The van der Waals surface area contributed by atoms with E-state index in [1.807, 2.05) is 0 Å². The quantitative estimate of drug-likeness (QED) is 0.719. The molecule has 0 radical (unpaired) electrons. The van der Waals surface area contributed by atoms with Crippen molar-refractivity contribution in [2.24, 2.45) is 13.0 Å². The lowest BCUT2D eigenvalue weighted by Crippen LogP contribution is -2.29. The predicted molar refractivity (Wildman–Crippen MR) is 97.0 cm³/mol. The Kier molecular flexibility index (Phi) is 6.54. The van der Waals surface area contributed by atoms with Crippen molar-refractivity contribution in [3.8, 4) is 5.75 Å². The predicted octanol–water partition coefficient (Wildman–Crippen LogP) is 2.08. The van der Waals surface area contributed by atoms with Gasteiger partial charge >= 0.3 is 6.61 Å². The number of rotatable bonds is 6. The van der Waals surface area contributed by atoms with Gasteiger partial charge in [0.15, 0.2) is 5.75 Å². The van der Waals surface area contributed by atoms with Crippen LogP contribution in [0.15, 0.2) is 12.1 Å². The maximum absolute atomic E-state index is 12.8. The van der Waals surface area contributed by atoms with Crippen molar-refractivity contribution in [2.75, 3.05) is 23.8 Å². The lowest BCUT2D eigenvalue weighted by atomic mass is 9.99. The smallest absolute Gasteiger partial charge is 0.387 e. The van der Waals surface area contributed by atoms with E-state index in [0.29, 0.717) is 26.1 Å². The van der Waals surface area contributed by atoms with Gasteiger partial charge < -0.3 is 14.8 Å². The molecular weight excluding hydrogens is 414 g/mol. The summed E-state index contributed by atoms with van der Waals surface area (Å²) < 4.78 is 36.4. The first-order chi connectivity index (χ1) is 13.9. The van der Waals surface area contributed by atoms with Crippen LogP contribution in [0.1, 0.15) is 23.2 Å². The number of aromatic nitrogens is 4. The van der Waals surface area contributed by atoms with Gasteiger partial charge in [-0.1, -0.05) is 16.7 Å². The zero-order valence-electron chi connectivity index (χ0n) is 15.2. The number of aryl methyl sites for hydroxylation is 1. The third kappa shape index (κ3) is 4.95. The Labute approximate surface area is 168 Å². The van der Waals surface area contributed by atoms with Crippen molar-refractivity contribution in [1.82, 2.24) is 20.2 Å². The molecule has 1 aliphatic heterocycles. The minimum Gasteiger partial charge on any atom is -0.433 e. The largest absolute Gasteiger partial charge is 0.433 e. The first-order valence-electron chi connectivity index (χ1n) is 8.56. The summed E-state index contributed by atoms with van der Waals surface area (Å²) in [6.07, 6.45) is 0.960. The highest BCUT2D eigenvalue weighted by molar-refractivity contribution is 6.37. The van der Waals surface area contributed by atoms with Crippen molar-refractivity contribution in [1.29, 1.82) is 0 Å². The highest BCUT2D eigenvalue weighted by Gasteiger charge is 2.26. The van der Waals surface area contributed by atoms with E-state index in [1.165, 1.54) is 17.8 Å².